The van der Waals surface area contributed by atoms with Gasteiger partial charge in [-0.05, 0) is 37.5 Å². The van der Waals surface area contributed by atoms with E-state index in [0.29, 0.717) is 5.92 Å². The predicted octanol–water partition coefficient (Wildman–Crippen LogP) is 3.45. The van der Waals surface area contributed by atoms with E-state index in [9.17, 15) is 4.79 Å². The molecular weight excluding hydrogens is 192 g/mol. The van der Waals surface area contributed by atoms with E-state index in [1.165, 1.54) is 0 Å². The summed E-state index contributed by atoms with van der Waals surface area (Å²) in [5.74, 6) is 0.841. The van der Waals surface area contributed by atoms with Crippen molar-refractivity contribution in [1.82, 2.24) is 0 Å². The zero-order valence-corrected chi connectivity index (χ0v) is 9.48. The van der Waals surface area contributed by atoms with Gasteiger partial charge in [-0.25, -0.2) is 4.79 Å². The molecule has 1 rings (SSSR count). The van der Waals surface area contributed by atoms with Crippen LogP contribution in [0.5, 0.6) is 0 Å². The minimum Gasteiger partial charge on any atom is -0.450 e. The molecule has 1 N–H and O–H groups in total. The Morgan fingerprint density at radius 2 is 2.27 bits per heavy atom. The average Bonchev–Trinajstić information content (AvgIpc) is 2.17. The van der Waals surface area contributed by atoms with Crippen LogP contribution in [0.15, 0.2) is 12.2 Å². The molecule has 0 aliphatic heterocycles. The van der Waals surface area contributed by atoms with Crippen LogP contribution in [0.4, 0.5) is 4.79 Å². The Morgan fingerprint density at radius 1 is 1.53 bits per heavy atom. The van der Waals surface area contributed by atoms with Crippen molar-refractivity contribution in [2.24, 2.45) is 11.8 Å². The predicted molar refractivity (Wildman–Crippen MR) is 58.8 cm³/mol. The van der Waals surface area contributed by atoms with Crippen LogP contribution in [0.1, 0.15) is 39.5 Å². The number of carbonyl (C=O) groups is 1. The lowest BCUT2D eigenvalue weighted by atomic mass is 9.86. The van der Waals surface area contributed by atoms with Crippen LogP contribution in [0.3, 0.4) is 0 Å². The lowest BCUT2D eigenvalue weighted by Gasteiger charge is -2.25. The summed E-state index contributed by atoms with van der Waals surface area (Å²) >= 11 is 0. The summed E-state index contributed by atoms with van der Waals surface area (Å²) in [4.78, 5) is 10.5. The van der Waals surface area contributed by atoms with Gasteiger partial charge < -0.3 is 9.84 Å². The first-order valence-electron chi connectivity index (χ1n) is 5.64. The summed E-state index contributed by atoms with van der Waals surface area (Å²) in [5.41, 5.74) is 0. The van der Waals surface area contributed by atoms with Crippen molar-refractivity contribution in [1.29, 1.82) is 0 Å². The number of allylic oxidation sites excluding steroid dienone is 2. The van der Waals surface area contributed by atoms with Gasteiger partial charge in [0.2, 0.25) is 0 Å². The van der Waals surface area contributed by atoms with E-state index in [4.69, 9.17) is 9.84 Å². The number of rotatable bonds is 4. The Morgan fingerprint density at radius 3 is 2.73 bits per heavy atom. The molecular formula is C12H20O3. The van der Waals surface area contributed by atoms with Crippen LogP contribution in [0.25, 0.3) is 0 Å². The van der Waals surface area contributed by atoms with E-state index in [1.54, 1.807) is 0 Å². The van der Waals surface area contributed by atoms with Gasteiger partial charge in [-0.15, -0.1) is 0 Å². The number of hydrogen-bond donors (Lipinski definition) is 1. The lowest BCUT2D eigenvalue weighted by molar-refractivity contribution is 0.0192. The summed E-state index contributed by atoms with van der Waals surface area (Å²) in [6, 6.07) is 0. The van der Waals surface area contributed by atoms with Crippen LogP contribution in [-0.2, 0) is 4.74 Å². The van der Waals surface area contributed by atoms with Crippen molar-refractivity contribution in [3.63, 3.8) is 0 Å². The first-order chi connectivity index (χ1) is 7.09. The van der Waals surface area contributed by atoms with Crippen LogP contribution in [0.2, 0.25) is 0 Å². The summed E-state index contributed by atoms with van der Waals surface area (Å²) < 4.78 is 4.91. The minimum absolute atomic E-state index is 0.154. The molecule has 0 saturated heterocycles. The zero-order valence-electron chi connectivity index (χ0n) is 9.48. The lowest BCUT2D eigenvalue weighted by Crippen LogP contribution is -2.26. The number of carboxylic acid groups (broad SMARTS) is 1. The normalized spacial score (nSPS) is 22.7. The monoisotopic (exact) mass is 212 g/mol. The second-order valence-electron chi connectivity index (χ2n) is 4.55. The van der Waals surface area contributed by atoms with Gasteiger partial charge >= 0.3 is 6.16 Å². The maximum Gasteiger partial charge on any atom is 0.506 e. The number of hydrogen-bond acceptors (Lipinski definition) is 2. The van der Waals surface area contributed by atoms with E-state index in [1.807, 2.05) is 13.8 Å². The quantitative estimate of drug-likeness (QED) is 0.573. The van der Waals surface area contributed by atoms with Gasteiger partial charge in [-0.2, -0.15) is 0 Å². The third-order valence-electron chi connectivity index (χ3n) is 2.94. The fraction of sp³-hybridized carbons (Fsp3) is 0.750. The van der Waals surface area contributed by atoms with Gasteiger partial charge in [-0.1, -0.05) is 26.0 Å². The molecule has 1 aliphatic carbocycles. The second-order valence-corrected chi connectivity index (χ2v) is 4.55. The maximum atomic E-state index is 10.5. The van der Waals surface area contributed by atoms with Crippen LogP contribution >= 0.6 is 0 Å². The molecule has 2 atom stereocenters. The second kappa shape index (κ2) is 5.79. The van der Waals surface area contributed by atoms with E-state index < -0.39 is 6.16 Å². The van der Waals surface area contributed by atoms with Gasteiger partial charge in [0.25, 0.3) is 0 Å². The molecule has 0 heterocycles. The zero-order chi connectivity index (χ0) is 11.3. The Labute approximate surface area is 91.1 Å². The molecule has 2 unspecified atom stereocenters. The Hall–Kier alpha value is -0.990. The van der Waals surface area contributed by atoms with Crippen LogP contribution in [0, 0.1) is 11.8 Å². The minimum atomic E-state index is -1.15. The fourth-order valence-corrected chi connectivity index (χ4v) is 1.98. The van der Waals surface area contributed by atoms with E-state index >= 15 is 0 Å². The smallest absolute Gasteiger partial charge is 0.450 e. The highest BCUT2D eigenvalue weighted by Crippen LogP contribution is 2.26. The van der Waals surface area contributed by atoms with E-state index in [0.717, 1.165) is 25.7 Å². The first kappa shape index (κ1) is 12.1. The molecule has 0 aromatic rings. The molecule has 0 radical (unpaired) electrons. The van der Waals surface area contributed by atoms with Gasteiger partial charge in [-0.3, -0.25) is 0 Å². The molecule has 0 aromatic heterocycles. The van der Waals surface area contributed by atoms with Crippen LogP contribution < -0.4 is 0 Å². The summed E-state index contributed by atoms with van der Waals surface area (Å²) in [6.45, 7) is 4.01. The van der Waals surface area contributed by atoms with Gasteiger partial charge in [0, 0.05) is 0 Å². The molecule has 0 fully saturated rings. The molecule has 0 aromatic carbocycles. The molecule has 0 bridgehead atoms. The molecule has 86 valence electrons. The van der Waals surface area contributed by atoms with Crippen molar-refractivity contribution < 1.29 is 14.6 Å². The van der Waals surface area contributed by atoms with Gasteiger partial charge in [0.15, 0.2) is 0 Å². The first-order valence-corrected chi connectivity index (χ1v) is 5.64. The maximum absolute atomic E-state index is 10.5. The molecule has 0 amide bonds. The average molecular weight is 212 g/mol. The summed E-state index contributed by atoms with van der Waals surface area (Å²) in [5, 5.41) is 8.63. The Kier molecular flexibility index (Phi) is 4.66. The molecule has 1 aliphatic rings. The highest BCUT2D eigenvalue weighted by molar-refractivity contribution is 5.57. The van der Waals surface area contributed by atoms with Gasteiger partial charge in [0.1, 0.15) is 6.10 Å². The third-order valence-corrected chi connectivity index (χ3v) is 2.94. The SMILES string of the molecule is CC(C)C(CC1CC=CCC1)OC(=O)O. The summed E-state index contributed by atoms with van der Waals surface area (Å²) in [6.07, 6.45) is 7.26. The molecule has 0 spiro atoms. The van der Waals surface area contributed by atoms with Crippen molar-refractivity contribution in [3.05, 3.63) is 12.2 Å². The molecule has 3 heteroatoms. The highest BCUT2D eigenvalue weighted by atomic mass is 16.7. The topological polar surface area (TPSA) is 46.5 Å². The molecule has 15 heavy (non-hydrogen) atoms. The fourth-order valence-electron chi connectivity index (χ4n) is 1.98. The van der Waals surface area contributed by atoms with E-state index in [2.05, 4.69) is 12.2 Å². The van der Waals surface area contributed by atoms with Crippen molar-refractivity contribution in [3.8, 4) is 0 Å². The third kappa shape index (κ3) is 4.36. The standard InChI is InChI=1S/C12H20O3/c1-9(2)11(15-12(13)14)8-10-6-4-3-5-7-10/h3-4,9-11H,5-8H2,1-2H3,(H,13,14). The Balaban J connectivity index is 2.42. The largest absolute Gasteiger partial charge is 0.506 e. The van der Waals surface area contributed by atoms with E-state index in [-0.39, 0.29) is 12.0 Å². The Bertz CT molecular complexity index is 233. The van der Waals surface area contributed by atoms with Crippen molar-refractivity contribution >= 4 is 6.16 Å². The van der Waals surface area contributed by atoms with Crippen LogP contribution in [-0.4, -0.2) is 17.4 Å². The van der Waals surface area contributed by atoms with Gasteiger partial charge in [0.05, 0.1) is 0 Å². The van der Waals surface area contributed by atoms with Crippen molar-refractivity contribution in [2.45, 2.75) is 45.6 Å². The molecule has 3 nitrogen and oxygen atoms in total. The number of ether oxygens (including phenoxy) is 1. The molecule has 0 saturated carbocycles. The van der Waals surface area contributed by atoms with Crippen molar-refractivity contribution in [2.75, 3.05) is 0 Å². The highest BCUT2D eigenvalue weighted by Gasteiger charge is 2.22. The summed E-state index contributed by atoms with van der Waals surface area (Å²) in [7, 11) is 0.